The Bertz CT molecular complexity index is 1440. The first-order valence-corrected chi connectivity index (χ1v) is 12.5. The first-order valence-electron chi connectivity index (χ1n) is 12.5. The molecule has 1 amide bonds. The van der Waals surface area contributed by atoms with Gasteiger partial charge in [-0.05, 0) is 55.7 Å². The van der Waals surface area contributed by atoms with Crippen molar-refractivity contribution in [2.75, 3.05) is 11.9 Å². The third kappa shape index (κ3) is 5.53. The highest BCUT2D eigenvalue weighted by Gasteiger charge is 2.30. The topological polar surface area (TPSA) is 88.8 Å². The van der Waals surface area contributed by atoms with Crippen molar-refractivity contribution in [2.45, 2.75) is 45.1 Å². The Balaban J connectivity index is 1.54. The molecule has 1 aliphatic heterocycles. The Kier molecular flexibility index (Phi) is 7.13. The molecule has 10 heteroatoms. The Morgan fingerprint density at radius 1 is 1.08 bits per heavy atom. The SMILES string of the molecule is CC(=O)N1C[C@H](c2nc(Nc3cc(-c4cnn(C)c4)cc(C(F)F)c3)cc(-c3cccnc3)n2)CC[C@@H]1C. The Morgan fingerprint density at radius 2 is 1.92 bits per heavy atom. The highest BCUT2D eigenvalue weighted by Crippen LogP contribution is 2.33. The van der Waals surface area contributed by atoms with E-state index in [0.717, 1.165) is 24.0 Å². The van der Waals surface area contributed by atoms with Gasteiger partial charge in [-0.2, -0.15) is 5.10 Å². The van der Waals surface area contributed by atoms with Crippen LogP contribution < -0.4 is 5.32 Å². The number of piperidine rings is 1. The number of hydrogen-bond acceptors (Lipinski definition) is 6. The number of aromatic nitrogens is 5. The number of aryl methyl sites for hydroxylation is 1. The lowest BCUT2D eigenvalue weighted by molar-refractivity contribution is -0.132. The minimum Gasteiger partial charge on any atom is -0.340 e. The van der Waals surface area contributed by atoms with E-state index in [-0.39, 0.29) is 23.4 Å². The average Bonchev–Trinajstić information content (AvgIpc) is 3.35. The highest BCUT2D eigenvalue weighted by atomic mass is 19.3. The molecule has 4 aromatic rings. The number of likely N-dealkylation sites (tertiary alicyclic amines) is 1. The van der Waals surface area contributed by atoms with E-state index in [4.69, 9.17) is 9.97 Å². The van der Waals surface area contributed by atoms with Gasteiger partial charge in [0.15, 0.2) is 0 Å². The second-order valence-corrected chi connectivity index (χ2v) is 9.71. The summed E-state index contributed by atoms with van der Waals surface area (Å²) in [4.78, 5) is 27.9. The van der Waals surface area contributed by atoms with Crippen molar-refractivity contribution >= 4 is 17.4 Å². The fourth-order valence-electron chi connectivity index (χ4n) is 4.87. The van der Waals surface area contributed by atoms with E-state index in [1.165, 1.54) is 12.1 Å². The smallest absolute Gasteiger partial charge is 0.263 e. The molecule has 0 aliphatic carbocycles. The van der Waals surface area contributed by atoms with Gasteiger partial charge in [0.05, 0.1) is 11.9 Å². The molecule has 8 nitrogen and oxygen atoms in total. The number of benzene rings is 1. The summed E-state index contributed by atoms with van der Waals surface area (Å²) in [6.45, 7) is 4.15. The van der Waals surface area contributed by atoms with Crippen LogP contribution in [0.25, 0.3) is 22.4 Å². The normalized spacial score (nSPS) is 17.6. The molecule has 4 heterocycles. The summed E-state index contributed by atoms with van der Waals surface area (Å²) < 4.78 is 29.2. The van der Waals surface area contributed by atoms with Crippen LogP contribution in [0.15, 0.2) is 61.2 Å². The van der Waals surface area contributed by atoms with E-state index in [9.17, 15) is 13.6 Å². The molecular formula is C28H29F2N7O. The molecule has 38 heavy (non-hydrogen) atoms. The van der Waals surface area contributed by atoms with Gasteiger partial charge in [0.1, 0.15) is 11.6 Å². The minimum absolute atomic E-state index is 0.0238. The monoisotopic (exact) mass is 517 g/mol. The zero-order valence-corrected chi connectivity index (χ0v) is 21.5. The van der Waals surface area contributed by atoms with Gasteiger partial charge in [0.2, 0.25) is 5.91 Å². The van der Waals surface area contributed by atoms with Crippen molar-refractivity contribution < 1.29 is 13.6 Å². The largest absolute Gasteiger partial charge is 0.340 e. The summed E-state index contributed by atoms with van der Waals surface area (Å²) in [6, 6.07) is 10.4. The van der Waals surface area contributed by atoms with Crippen LogP contribution in [0.2, 0.25) is 0 Å². The highest BCUT2D eigenvalue weighted by molar-refractivity contribution is 5.74. The van der Waals surface area contributed by atoms with Gasteiger partial charge in [0.25, 0.3) is 6.43 Å². The lowest BCUT2D eigenvalue weighted by Crippen LogP contribution is -2.44. The third-order valence-corrected chi connectivity index (χ3v) is 6.87. The number of hydrogen-bond donors (Lipinski definition) is 1. The van der Waals surface area contributed by atoms with Crippen molar-refractivity contribution in [3.63, 3.8) is 0 Å². The molecular weight excluding hydrogens is 488 g/mol. The number of nitrogens with zero attached hydrogens (tertiary/aromatic N) is 6. The zero-order valence-electron chi connectivity index (χ0n) is 21.5. The number of carbonyl (C=O) groups excluding carboxylic acids is 1. The van der Waals surface area contributed by atoms with Crippen molar-refractivity contribution in [1.29, 1.82) is 0 Å². The van der Waals surface area contributed by atoms with Crippen LogP contribution in [0.3, 0.4) is 0 Å². The van der Waals surface area contributed by atoms with Crippen LogP contribution >= 0.6 is 0 Å². The van der Waals surface area contributed by atoms with Crippen LogP contribution in [0, 0.1) is 0 Å². The molecule has 196 valence electrons. The second-order valence-electron chi connectivity index (χ2n) is 9.71. The van der Waals surface area contributed by atoms with Gasteiger partial charge >= 0.3 is 0 Å². The van der Waals surface area contributed by atoms with Crippen LogP contribution in [0.4, 0.5) is 20.3 Å². The molecule has 0 unspecified atom stereocenters. The number of pyridine rings is 1. The summed E-state index contributed by atoms with van der Waals surface area (Å²) in [7, 11) is 1.78. The molecule has 0 spiro atoms. The molecule has 1 N–H and O–H groups in total. The average molecular weight is 518 g/mol. The number of anilines is 2. The molecule has 0 radical (unpaired) electrons. The fraction of sp³-hybridized carbons (Fsp3) is 0.321. The Labute approximate surface area is 219 Å². The molecule has 1 aromatic carbocycles. The van der Waals surface area contributed by atoms with E-state index < -0.39 is 6.43 Å². The van der Waals surface area contributed by atoms with Crippen LogP contribution in [-0.4, -0.2) is 48.1 Å². The second kappa shape index (κ2) is 10.6. The van der Waals surface area contributed by atoms with Gasteiger partial charge in [0, 0.05) is 79.5 Å². The summed E-state index contributed by atoms with van der Waals surface area (Å²) in [5.74, 6) is 1.05. The Hall–Kier alpha value is -4.21. The number of amides is 1. The molecule has 0 saturated carbocycles. The zero-order chi connectivity index (χ0) is 26.8. The van der Waals surface area contributed by atoms with Crippen molar-refractivity contribution in [1.82, 2.24) is 29.6 Å². The molecule has 0 bridgehead atoms. The maximum atomic E-state index is 13.8. The quantitative estimate of drug-likeness (QED) is 0.351. The fourth-order valence-corrected chi connectivity index (χ4v) is 4.87. The van der Waals surface area contributed by atoms with E-state index in [2.05, 4.69) is 15.4 Å². The lowest BCUT2D eigenvalue weighted by atomic mass is 9.92. The van der Waals surface area contributed by atoms with Crippen molar-refractivity contribution in [3.8, 4) is 22.4 Å². The van der Waals surface area contributed by atoms with Gasteiger partial charge in [-0.25, -0.2) is 18.7 Å². The predicted octanol–water partition coefficient (Wildman–Crippen LogP) is 5.73. The van der Waals surface area contributed by atoms with E-state index >= 15 is 0 Å². The molecule has 5 rings (SSSR count). The number of carbonyl (C=O) groups is 1. The van der Waals surface area contributed by atoms with Gasteiger partial charge < -0.3 is 10.2 Å². The van der Waals surface area contributed by atoms with Gasteiger partial charge in [-0.15, -0.1) is 0 Å². The van der Waals surface area contributed by atoms with Crippen molar-refractivity contribution in [3.05, 3.63) is 72.6 Å². The van der Waals surface area contributed by atoms with E-state index in [1.54, 1.807) is 55.6 Å². The standard InChI is InChI=1S/C28H29F2N7O/c1-17-6-7-20(16-37(17)18(2)38)28-34-25(19-5-4-8-31-13-19)12-26(35-28)33-24-10-21(9-22(11-24)27(29)30)23-14-32-36(3)15-23/h4-5,8-15,17,20,27H,6-7,16H2,1-3H3,(H,33,34,35)/t17-,20+/m0/s1. The summed E-state index contributed by atoms with van der Waals surface area (Å²) in [5.41, 5.74) is 3.21. The molecule has 3 aromatic heterocycles. The molecule has 1 fully saturated rings. The van der Waals surface area contributed by atoms with Crippen LogP contribution in [0.5, 0.6) is 0 Å². The Morgan fingerprint density at radius 3 is 2.61 bits per heavy atom. The summed E-state index contributed by atoms with van der Waals surface area (Å²) in [5, 5.41) is 7.40. The predicted molar refractivity (Wildman–Crippen MR) is 141 cm³/mol. The lowest BCUT2D eigenvalue weighted by Gasteiger charge is -2.37. The third-order valence-electron chi connectivity index (χ3n) is 6.87. The van der Waals surface area contributed by atoms with Crippen molar-refractivity contribution in [2.24, 2.45) is 7.05 Å². The van der Waals surface area contributed by atoms with Crippen LogP contribution in [-0.2, 0) is 11.8 Å². The van der Waals surface area contributed by atoms with E-state index in [1.807, 2.05) is 24.0 Å². The minimum atomic E-state index is -2.64. The number of halogens is 2. The number of rotatable bonds is 6. The maximum absolute atomic E-state index is 13.8. The molecule has 1 saturated heterocycles. The maximum Gasteiger partial charge on any atom is 0.263 e. The van der Waals surface area contributed by atoms with Gasteiger partial charge in [-0.1, -0.05) is 0 Å². The summed E-state index contributed by atoms with van der Waals surface area (Å²) >= 11 is 0. The number of alkyl halides is 2. The first kappa shape index (κ1) is 25.4. The summed E-state index contributed by atoms with van der Waals surface area (Å²) in [6.07, 6.45) is 5.88. The number of nitrogens with one attached hydrogen (secondary N) is 1. The van der Waals surface area contributed by atoms with Gasteiger partial charge in [-0.3, -0.25) is 14.5 Å². The molecule has 1 aliphatic rings. The molecule has 2 atom stereocenters. The van der Waals surface area contributed by atoms with E-state index in [0.29, 0.717) is 35.1 Å². The van der Waals surface area contributed by atoms with Crippen LogP contribution in [0.1, 0.15) is 50.4 Å². The first-order chi connectivity index (χ1) is 18.3.